The number of aromatic amines is 1. The highest BCUT2D eigenvalue weighted by atomic mass is 127. The first-order valence-corrected chi connectivity index (χ1v) is 9.04. The zero-order valence-electron chi connectivity index (χ0n) is 16.8. The molecule has 1 aromatic heterocycles. The third-order valence-corrected chi connectivity index (χ3v) is 4.55. The molecule has 0 saturated heterocycles. The van der Waals surface area contributed by atoms with Gasteiger partial charge in [-0.3, -0.25) is 0 Å². The van der Waals surface area contributed by atoms with E-state index in [0.717, 1.165) is 28.6 Å². The summed E-state index contributed by atoms with van der Waals surface area (Å²) in [6.45, 7) is 1.13. The molecule has 2 aromatic carbocycles. The van der Waals surface area contributed by atoms with Crippen LogP contribution in [0.2, 0.25) is 0 Å². The van der Waals surface area contributed by atoms with Crippen LogP contribution in [0.4, 0.5) is 0 Å². The lowest BCUT2D eigenvalue weighted by Crippen LogP contribution is -2.33. The number of nitrogens with zero attached hydrogens (tertiary/aromatic N) is 1. The number of halogens is 1. The number of fused-ring (bicyclic) bond motifs is 1. The fraction of sp³-hybridized carbons (Fsp3) is 0.286. The number of rotatable bonds is 8. The van der Waals surface area contributed by atoms with Crippen molar-refractivity contribution in [1.29, 1.82) is 0 Å². The Morgan fingerprint density at radius 2 is 1.79 bits per heavy atom. The maximum absolute atomic E-state index is 6.01. The Kier molecular flexibility index (Phi) is 8.44. The molecule has 3 aromatic rings. The smallest absolute Gasteiger partial charge is 0.188 e. The zero-order chi connectivity index (χ0) is 19.9. The molecule has 0 amide bonds. The molecular weight excluding hydrogens is 483 g/mol. The van der Waals surface area contributed by atoms with Gasteiger partial charge in [-0.15, -0.1) is 24.0 Å². The zero-order valence-corrected chi connectivity index (χ0v) is 19.2. The Labute approximate surface area is 187 Å². The van der Waals surface area contributed by atoms with Crippen LogP contribution in [0, 0.1) is 0 Å². The van der Waals surface area contributed by atoms with Crippen LogP contribution in [0.1, 0.15) is 11.1 Å². The van der Waals surface area contributed by atoms with Gasteiger partial charge >= 0.3 is 0 Å². The maximum atomic E-state index is 6.01. The second kappa shape index (κ2) is 10.8. The average Bonchev–Trinajstić information content (AvgIpc) is 3.15. The fourth-order valence-corrected chi connectivity index (χ4v) is 3.12. The molecule has 0 atom stereocenters. The van der Waals surface area contributed by atoms with Gasteiger partial charge in [-0.1, -0.05) is 12.1 Å². The van der Waals surface area contributed by atoms with Crippen molar-refractivity contribution in [3.8, 4) is 17.2 Å². The number of benzene rings is 2. The quantitative estimate of drug-likeness (QED) is 0.245. The summed E-state index contributed by atoms with van der Waals surface area (Å²) in [4.78, 5) is 7.67. The number of aliphatic imine (C=N–C) groups is 1. The molecule has 0 aliphatic heterocycles. The van der Waals surface area contributed by atoms with Crippen molar-refractivity contribution in [2.75, 3.05) is 27.9 Å². The Hall–Kier alpha value is -2.62. The molecule has 1 heterocycles. The van der Waals surface area contributed by atoms with E-state index in [1.54, 1.807) is 21.3 Å². The van der Waals surface area contributed by atoms with E-state index in [-0.39, 0.29) is 24.0 Å². The van der Waals surface area contributed by atoms with Crippen LogP contribution in [-0.4, -0.2) is 38.8 Å². The summed E-state index contributed by atoms with van der Waals surface area (Å²) in [5, 5.41) is 4.27. The molecule has 8 heteroatoms. The van der Waals surface area contributed by atoms with Gasteiger partial charge in [0.1, 0.15) is 5.75 Å². The van der Waals surface area contributed by atoms with Gasteiger partial charge < -0.3 is 30.2 Å². The topological polar surface area (TPSA) is 93.9 Å². The van der Waals surface area contributed by atoms with E-state index >= 15 is 0 Å². The van der Waals surface area contributed by atoms with Gasteiger partial charge in [0.05, 0.1) is 27.9 Å². The number of hydrogen-bond donors (Lipinski definition) is 3. The highest BCUT2D eigenvalue weighted by Gasteiger charge is 2.09. The monoisotopic (exact) mass is 510 g/mol. The van der Waals surface area contributed by atoms with Gasteiger partial charge in [-0.25, -0.2) is 4.99 Å². The van der Waals surface area contributed by atoms with E-state index in [4.69, 9.17) is 19.9 Å². The van der Waals surface area contributed by atoms with Gasteiger partial charge in [0, 0.05) is 23.6 Å². The Morgan fingerprint density at radius 1 is 1.03 bits per heavy atom. The lowest BCUT2D eigenvalue weighted by molar-refractivity contribution is 0.354. The lowest BCUT2D eigenvalue weighted by atomic mass is 10.1. The van der Waals surface area contributed by atoms with Crippen molar-refractivity contribution in [3.63, 3.8) is 0 Å². The minimum Gasteiger partial charge on any atom is -0.496 e. The molecule has 0 aliphatic carbocycles. The molecule has 0 unspecified atom stereocenters. The molecule has 156 valence electrons. The summed E-state index contributed by atoms with van der Waals surface area (Å²) >= 11 is 0. The van der Waals surface area contributed by atoms with E-state index in [1.807, 2.05) is 42.6 Å². The van der Waals surface area contributed by atoms with E-state index in [9.17, 15) is 0 Å². The number of guanidine groups is 1. The fourth-order valence-electron chi connectivity index (χ4n) is 3.12. The molecule has 0 aliphatic rings. The van der Waals surface area contributed by atoms with Gasteiger partial charge in [0.2, 0.25) is 0 Å². The summed E-state index contributed by atoms with van der Waals surface area (Å²) in [6.07, 6.45) is 2.80. The number of ether oxygens (including phenoxy) is 3. The average molecular weight is 510 g/mol. The van der Waals surface area contributed by atoms with Crippen LogP contribution in [0.3, 0.4) is 0 Å². The van der Waals surface area contributed by atoms with Gasteiger partial charge in [0.15, 0.2) is 17.5 Å². The minimum atomic E-state index is 0. The SMILES string of the molecule is COc1ccc(CN=C(N)NCCc2c[nH]c3cccc(OC)c23)cc1OC.I. The highest BCUT2D eigenvalue weighted by Crippen LogP contribution is 2.29. The van der Waals surface area contributed by atoms with Crippen LogP contribution < -0.4 is 25.3 Å². The predicted octanol–water partition coefficient (Wildman–Crippen LogP) is 3.46. The van der Waals surface area contributed by atoms with Crippen molar-refractivity contribution in [2.24, 2.45) is 10.7 Å². The third-order valence-electron chi connectivity index (χ3n) is 4.55. The predicted molar refractivity (Wildman–Crippen MR) is 127 cm³/mol. The van der Waals surface area contributed by atoms with Crippen molar-refractivity contribution in [3.05, 3.63) is 53.7 Å². The van der Waals surface area contributed by atoms with Gasteiger partial charge in [-0.05, 0) is 41.8 Å². The van der Waals surface area contributed by atoms with Crippen molar-refractivity contribution < 1.29 is 14.2 Å². The molecule has 0 fully saturated rings. The number of H-pyrrole nitrogens is 1. The van der Waals surface area contributed by atoms with Crippen LogP contribution in [0.15, 0.2) is 47.6 Å². The second-order valence-electron chi connectivity index (χ2n) is 6.26. The lowest BCUT2D eigenvalue weighted by Gasteiger charge is -2.09. The van der Waals surface area contributed by atoms with Crippen molar-refractivity contribution in [2.45, 2.75) is 13.0 Å². The maximum Gasteiger partial charge on any atom is 0.188 e. The van der Waals surface area contributed by atoms with Crippen LogP contribution in [0.25, 0.3) is 10.9 Å². The van der Waals surface area contributed by atoms with E-state index in [0.29, 0.717) is 30.5 Å². The Balaban J connectivity index is 0.00000300. The summed E-state index contributed by atoms with van der Waals surface area (Å²) in [6, 6.07) is 11.7. The highest BCUT2D eigenvalue weighted by molar-refractivity contribution is 14.0. The van der Waals surface area contributed by atoms with E-state index in [1.165, 1.54) is 5.56 Å². The molecule has 29 heavy (non-hydrogen) atoms. The van der Waals surface area contributed by atoms with Crippen LogP contribution >= 0.6 is 24.0 Å². The summed E-state index contributed by atoms with van der Waals surface area (Å²) < 4.78 is 16.0. The molecule has 7 nitrogen and oxygen atoms in total. The molecule has 0 bridgehead atoms. The third kappa shape index (κ3) is 5.47. The molecule has 0 saturated carbocycles. The summed E-state index contributed by atoms with van der Waals surface area (Å²) in [5.74, 6) is 2.64. The van der Waals surface area contributed by atoms with Gasteiger partial charge in [0.25, 0.3) is 0 Å². The minimum absolute atomic E-state index is 0. The molecular formula is C21H27IN4O3. The number of aromatic nitrogens is 1. The first kappa shape index (κ1) is 22.7. The molecule has 3 rings (SSSR count). The number of hydrogen-bond acceptors (Lipinski definition) is 4. The largest absolute Gasteiger partial charge is 0.496 e. The molecule has 4 N–H and O–H groups in total. The van der Waals surface area contributed by atoms with Crippen LogP contribution in [0.5, 0.6) is 17.2 Å². The summed E-state index contributed by atoms with van der Waals surface area (Å²) in [5.41, 5.74) is 9.23. The standard InChI is InChI=1S/C21H26N4O3.HI/c1-26-17-8-7-14(11-19(17)28-3)12-25-21(22)23-10-9-15-13-24-16-5-4-6-18(27-2)20(15)16;/h4-8,11,13,24H,9-10,12H2,1-3H3,(H3,22,23,25);1H. The van der Waals surface area contributed by atoms with Crippen LogP contribution in [-0.2, 0) is 13.0 Å². The van der Waals surface area contributed by atoms with E-state index in [2.05, 4.69) is 15.3 Å². The second-order valence-corrected chi connectivity index (χ2v) is 6.26. The van der Waals surface area contributed by atoms with Gasteiger partial charge in [-0.2, -0.15) is 0 Å². The first-order valence-electron chi connectivity index (χ1n) is 9.04. The molecule has 0 spiro atoms. The normalized spacial score (nSPS) is 11.1. The summed E-state index contributed by atoms with van der Waals surface area (Å²) in [7, 11) is 4.91. The Morgan fingerprint density at radius 3 is 2.52 bits per heavy atom. The van der Waals surface area contributed by atoms with E-state index < -0.39 is 0 Å². The number of methoxy groups -OCH3 is 3. The van der Waals surface area contributed by atoms with Crippen molar-refractivity contribution in [1.82, 2.24) is 10.3 Å². The molecule has 0 radical (unpaired) electrons. The number of nitrogens with one attached hydrogen (secondary N) is 2. The number of nitrogens with two attached hydrogens (primary N) is 1. The van der Waals surface area contributed by atoms with Crippen molar-refractivity contribution >= 4 is 40.8 Å². The first-order chi connectivity index (χ1) is 13.7. The Bertz CT molecular complexity index is 972.